The van der Waals surface area contributed by atoms with Crippen LogP contribution in [0.2, 0.25) is 0 Å². The average molecular weight is 365 g/mol. The van der Waals surface area contributed by atoms with Gasteiger partial charge in [0.1, 0.15) is 0 Å². The number of para-hydroxylation sites is 2. The number of hydrogen-bond donors (Lipinski definition) is 2. The van der Waals surface area contributed by atoms with Gasteiger partial charge in [-0.05, 0) is 18.2 Å². The van der Waals surface area contributed by atoms with Crippen molar-refractivity contribution in [1.29, 1.82) is 5.26 Å². The number of fused-ring (bicyclic) bond motifs is 1. The number of hydrogen-bond acceptors (Lipinski definition) is 5. The second-order valence-corrected chi connectivity index (χ2v) is 6.33. The minimum absolute atomic E-state index is 0.280. The van der Waals surface area contributed by atoms with Crippen molar-refractivity contribution in [2.45, 2.75) is 4.90 Å². The van der Waals surface area contributed by atoms with Crippen LogP contribution in [0, 0.1) is 11.3 Å². The third-order valence-corrected chi connectivity index (χ3v) is 4.54. The zero-order valence-corrected chi connectivity index (χ0v) is 14.5. The van der Waals surface area contributed by atoms with Crippen LogP contribution in [0.1, 0.15) is 10.4 Å². The van der Waals surface area contributed by atoms with E-state index >= 15 is 0 Å². The SMILES string of the molecule is N#CCSc1ccccc1NC(=O)COC(=O)c1c[nH]c2ccccc12. The van der Waals surface area contributed by atoms with E-state index in [0.29, 0.717) is 11.3 Å². The zero-order valence-electron chi connectivity index (χ0n) is 13.7. The number of aromatic nitrogens is 1. The van der Waals surface area contributed by atoms with Gasteiger partial charge in [0, 0.05) is 22.0 Å². The number of thioether (sulfide) groups is 1. The van der Waals surface area contributed by atoms with Gasteiger partial charge in [0.05, 0.1) is 23.1 Å². The lowest BCUT2D eigenvalue weighted by atomic mass is 10.2. The maximum absolute atomic E-state index is 12.2. The lowest BCUT2D eigenvalue weighted by molar-refractivity contribution is -0.119. The number of rotatable bonds is 6. The van der Waals surface area contributed by atoms with Crippen LogP contribution in [0.25, 0.3) is 10.9 Å². The van der Waals surface area contributed by atoms with Gasteiger partial charge in [-0.3, -0.25) is 4.79 Å². The Balaban J connectivity index is 1.61. The summed E-state index contributed by atoms with van der Waals surface area (Å²) in [4.78, 5) is 28.1. The molecule has 0 radical (unpaired) electrons. The van der Waals surface area contributed by atoms with Crippen molar-refractivity contribution < 1.29 is 14.3 Å². The smallest absolute Gasteiger partial charge is 0.340 e. The van der Waals surface area contributed by atoms with Gasteiger partial charge in [-0.1, -0.05) is 30.3 Å². The van der Waals surface area contributed by atoms with E-state index in [4.69, 9.17) is 10.00 Å². The van der Waals surface area contributed by atoms with E-state index in [1.807, 2.05) is 42.5 Å². The Kier molecular flexibility index (Phi) is 5.56. The van der Waals surface area contributed by atoms with Crippen LogP contribution >= 0.6 is 11.8 Å². The van der Waals surface area contributed by atoms with Gasteiger partial charge in [0.25, 0.3) is 5.91 Å². The van der Waals surface area contributed by atoms with Gasteiger partial charge in [-0.25, -0.2) is 4.79 Å². The molecule has 0 saturated heterocycles. The molecule has 1 heterocycles. The Morgan fingerprint density at radius 3 is 2.77 bits per heavy atom. The fourth-order valence-corrected chi connectivity index (χ4v) is 3.11. The quantitative estimate of drug-likeness (QED) is 0.514. The van der Waals surface area contributed by atoms with Crippen LogP contribution in [0.4, 0.5) is 5.69 Å². The summed E-state index contributed by atoms with van der Waals surface area (Å²) in [5, 5.41) is 12.1. The summed E-state index contributed by atoms with van der Waals surface area (Å²) in [6.45, 7) is -0.393. The molecule has 0 spiro atoms. The largest absolute Gasteiger partial charge is 0.452 e. The summed E-state index contributed by atoms with van der Waals surface area (Å²) in [5.74, 6) is -0.726. The average Bonchev–Trinajstić information content (AvgIpc) is 3.09. The number of nitrogens with zero attached hydrogens (tertiary/aromatic N) is 1. The van der Waals surface area contributed by atoms with E-state index in [-0.39, 0.29) is 5.75 Å². The van der Waals surface area contributed by atoms with Crippen molar-refractivity contribution in [2.75, 3.05) is 17.7 Å². The molecule has 0 aliphatic rings. The van der Waals surface area contributed by atoms with Crippen molar-refractivity contribution in [2.24, 2.45) is 0 Å². The summed E-state index contributed by atoms with van der Waals surface area (Å²) in [5.41, 5.74) is 1.80. The Bertz CT molecular complexity index is 991. The molecule has 0 atom stereocenters. The van der Waals surface area contributed by atoms with E-state index in [1.165, 1.54) is 11.8 Å². The molecule has 0 fully saturated rings. The first-order valence-corrected chi connectivity index (χ1v) is 8.79. The van der Waals surface area contributed by atoms with E-state index in [1.54, 1.807) is 18.3 Å². The van der Waals surface area contributed by atoms with Gasteiger partial charge < -0.3 is 15.0 Å². The molecule has 1 aromatic heterocycles. The predicted molar refractivity (Wildman–Crippen MR) is 100.0 cm³/mol. The van der Waals surface area contributed by atoms with Crippen LogP contribution in [-0.2, 0) is 9.53 Å². The van der Waals surface area contributed by atoms with Gasteiger partial charge in [0.15, 0.2) is 6.61 Å². The molecule has 0 aliphatic heterocycles. The highest BCUT2D eigenvalue weighted by Gasteiger charge is 2.15. The monoisotopic (exact) mass is 365 g/mol. The summed E-state index contributed by atoms with van der Waals surface area (Å²) in [7, 11) is 0. The Labute approximate surface area is 154 Å². The third kappa shape index (κ3) is 4.05. The maximum Gasteiger partial charge on any atom is 0.340 e. The Morgan fingerprint density at radius 1 is 1.15 bits per heavy atom. The molecule has 7 heteroatoms. The first-order valence-electron chi connectivity index (χ1n) is 7.81. The van der Waals surface area contributed by atoms with Crippen LogP contribution in [0.5, 0.6) is 0 Å². The van der Waals surface area contributed by atoms with E-state index < -0.39 is 18.5 Å². The molecule has 2 N–H and O–H groups in total. The lowest BCUT2D eigenvalue weighted by Crippen LogP contribution is -2.21. The second-order valence-electron chi connectivity index (χ2n) is 5.32. The summed E-state index contributed by atoms with van der Waals surface area (Å²) < 4.78 is 5.12. The summed E-state index contributed by atoms with van der Waals surface area (Å²) in [6.07, 6.45) is 1.57. The fraction of sp³-hybridized carbons (Fsp3) is 0.105. The van der Waals surface area contributed by atoms with Crippen molar-refractivity contribution in [3.05, 3.63) is 60.3 Å². The Morgan fingerprint density at radius 2 is 1.92 bits per heavy atom. The van der Waals surface area contributed by atoms with E-state index in [0.717, 1.165) is 15.8 Å². The number of nitrogens with one attached hydrogen (secondary N) is 2. The normalized spacial score (nSPS) is 10.3. The number of nitriles is 1. The second kappa shape index (κ2) is 8.23. The molecule has 3 rings (SSSR count). The molecule has 6 nitrogen and oxygen atoms in total. The molecule has 1 amide bonds. The lowest BCUT2D eigenvalue weighted by Gasteiger charge is -2.10. The number of benzene rings is 2. The first kappa shape index (κ1) is 17.6. The number of aromatic amines is 1. The zero-order chi connectivity index (χ0) is 18.4. The van der Waals surface area contributed by atoms with Crippen molar-refractivity contribution >= 4 is 40.2 Å². The number of carbonyl (C=O) groups is 2. The van der Waals surface area contributed by atoms with Gasteiger partial charge in [-0.15, -0.1) is 11.8 Å². The highest BCUT2D eigenvalue weighted by molar-refractivity contribution is 7.99. The molecular weight excluding hydrogens is 350 g/mol. The first-order chi connectivity index (χ1) is 12.7. The van der Waals surface area contributed by atoms with Crippen molar-refractivity contribution in [3.8, 4) is 6.07 Å². The minimum Gasteiger partial charge on any atom is -0.452 e. The van der Waals surface area contributed by atoms with Crippen molar-refractivity contribution in [3.63, 3.8) is 0 Å². The van der Waals surface area contributed by atoms with Gasteiger partial charge in [-0.2, -0.15) is 5.26 Å². The summed E-state index contributed by atoms with van der Waals surface area (Å²) >= 11 is 1.33. The van der Waals surface area contributed by atoms with E-state index in [9.17, 15) is 9.59 Å². The fourth-order valence-electron chi connectivity index (χ4n) is 2.44. The van der Waals surface area contributed by atoms with Crippen LogP contribution < -0.4 is 5.32 Å². The van der Waals surface area contributed by atoms with Gasteiger partial charge in [0.2, 0.25) is 0 Å². The molecule has 0 aliphatic carbocycles. The molecular formula is C19H15N3O3S. The highest BCUT2D eigenvalue weighted by atomic mass is 32.2. The number of amides is 1. The standard InChI is InChI=1S/C19H15N3O3S/c20-9-10-26-17-8-4-3-7-16(17)22-18(23)12-25-19(24)14-11-21-15-6-2-1-5-13(14)15/h1-8,11,21H,10,12H2,(H,22,23). The highest BCUT2D eigenvalue weighted by Crippen LogP contribution is 2.26. The summed E-state index contributed by atoms with van der Waals surface area (Å²) in [6, 6.07) is 16.6. The van der Waals surface area contributed by atoms with Crippen LogP contribution in [0.3, 0.4) is 0 Å². The molecule has 0 bridgehead atoms. The van der Waals surface area contributed by atoms with Crippen LogP contribution in [-0.4, -0.2) is 29.2 Å². The minimum atomic E-state index is -0.565. The number of esters is 1. The predicted octanol–water partition coefficient (Wildman–Crippen LogP) is 3.58. The molecule has 130 valence electrons. The van der Waals surface area contributed by atoms with Gasteiger partial charge >= 0.3 is 5.97 Å². The number of H-pyrrole nitrogens is 1. The molecule has 26 heavy (non-hydrogen) atoms. The molecule has 2 aromatic carbocycles. The van der Waals surface area contributed by atoms with Crippen LogP contribution in [0.15, 0.2) is 59.6 Å². The topological polar surface area (TPSA) is 95.0 Å². The number of anilines is 1. The molecule has 0 unspecified atom stereocenters. The van der Waals surface area contributed by atoms with Crippen molar-refractivity contribution in [1.82, 2.24) is 4.98 Å². The van der Waals surface area contributed by atoms with E-state index in [2.05, 4.69) is 10.3 Å². The molecule has 0 saturated carbocycles. The third-order valence-electron chi connectivity index (χ3n) is 3.60. The molecule has 3 aromatic rings. The number of ether oxygens (including phenoxy) is 1. The number of carbonyl (C=O) groups excluding carboxylic acids is 2. The Hall–Kier alpha value is -3.24. The maximum atomic E-state index is 12.2.